The number of rotatable bonds is 5. The maximum Gasteiger partial charge on any atom is 0.132 e. The van der Waals surface area contributed by atoms with Crippen molar-refractivity contribution in [3.05, 3.63) is 62.9 Å². The molecule has 1 aliphatic carbocycles. The van der Waals surface area contributed by atoms with Gasteiger partial charge in [-0.3, -0.25) is 10.00 Å². The zero-order valence-electron chi connectivity index (χ0n) is 15.4. The van der Waals surface area contributed by atoms with Gasteiger partial charge in [-0.15, -0.1) is 11.3 Å². The van der Waals surface area contributed by atoms with E-state index in [1.165, 1.54) is 52.5 Å². The monoisotopic (exact) mass is 380 g/mol. The smallest absolute Gasteiger partial charge is 0.132 e. The molecule has 0 radical (unpaired) electrons. The van der Waals surface area contributed by atoms with Gasteiger partial charge in [0.1, 0.15) is 23.1 Å². The number of hydrogen-bond acceptors (Lipinski definition) is 5. The summed E-state index contributed by atoms with van der Waals surface area (Å²) in [5, 5.41) is 9.01. The molecule has 0 saturated carbocycles. The number of para-hydroxylation sites is 1. The van der Waals surface area contributed by atoms with Crippen molar-refractivity contribution in [1.82, 2.24) is 20.1 Å². The average Bonchev–Trinajstić information content (AvgIpc) is 3.30. The molecule has 1 aliphatic heterocycles. The predicted molar refractivity (Wildman–Crippen MR) is 106 cm³/mol. The third kappa shape index (κ3) is 3.64. The average molecular weight is 381 g/mol. The molecule has 3 aromatic rings. The molecule has 0 amide bonds. The normalized spacial score (nSPS) is 16.7. The number of H-pyrrole nitrogens is 1. The van der Waals surface area contributed by atoms with Gasteiger partial charge >= 0.3 is 0 Å². The lowest BCUT2D eigenvalue weighted by atomic mass is 10.0. The molecule has 3 heterocycles. The van der Waals surface area contributed by atoms with Gasteiger partial charge in [0.25, 0.3) is 0 Å². The molecule has 0 atom stereocenters. The Balaban J connectivity index is 1.26. The maximum atomic E-state index is 5.91. The Hall–Kier alpha value is -2.18. The van der Waals surface area contributed by atoms with Crippen molar-refractivity contribution in [2.24, 2.45) is 0 Å². The Bertz CT molecular complexity index is 894. The summed E-state index contributed by atoms with van der Waals surface area (Å²) in [5.41, 5.74) is 4.95. The Morgan fingerprint density at radius 3 is 2.89 bits per heavy atom. The van der Waals surface area contributed by atoms with Gasteiger partial charge in [-0.05, 0) is 37.8 Å². The largest absolute Gasteiger partial charge is 0.487 e. The molecule has 0 saturated heterocycles. The van der Waals surface area contributed by atoms with Crippen LogP contribution in [-0.2, 0) is 39.0 Å². The highest BCUT2D eigenvalue weighted by Crippen LogP contribution is 2.29. The summed E-state index contributed by atoms with van der Waals surface area (Å²) in [6, 6.07) is 9.94. The highest BCUT2D eigenvalue weighted by atomic mass is 32.1. The molecule has 2 aromatic heterocycles. The summed E-state index contributed by atoms with van der Waals surface area (Å²) in [7, 11) is 0. The number of nitrogens with one attached hydrogen (secondary N) is 1. The van der Waals surface area contributed by atoms with Crippen molar-refractivity contribution < 1.29 is 4.74 Å². The Morgan fingerprint density at radius 2 is 2.00 bits per heavy atom. The Kier molecular flexibility index (Phi) is 4.67. The zero-order valence-corrected chi connectivity index (χ0v) is 16.2. The van der Waals surface area contributed by atoms with Crippen molar-refractivity contribution >= 4 is 11.3 Å². The lowest BCUT2D eigenvalue weighted by molar-refractivity contribution is 0.239. The zero-order chi connectivity index (χ0) is 18.1. The van der Waals surface area contributed by atoms with Crippen molar-refractivity contribution in [2.75, 3.05) is 6.54 Å². The van der Waals surface area contributed by atoms with Gasteiger partial charge in [0, 0.05) is 35.6 Å². The van der Waals surface area contributed by atoms with Crippen molar-refractivity contribution in [2.45, 2.75) is 51.8 Å². The number of nitrogens with zero attached hydrogens (tertiary/aromatic N) is 3. The number of hydrogen-bond donors (Lipinski definition) is 1. The van der Waals surface area contributed by atoms with Crippen molar-refractivity contribution in [3.8, 4) is 5.75 Å². The minimum absolute atomic E-state index is 0.509. The summed E-state index contributed by atoms with van der Waals surface area (Å²) in [4.78, 5) is 8.93. The first kappa shape index (κ1) is 17.0. The van der Waals surface area contributed by atoms with E-state index in [0.717, 1.165) is 37.5 Å². The molecular weight excluding hydrogens is 356 g/mol. The predicted octanol–water partition coefficient (Wildman–Crippen LogP) is 3.88. The summed E-state index contributed by atoms with van der Waals surface area (Å²) in [6.45, 7) is 3.43. The molecular formula is C21H24N4OS. The van der Waals surface area contributed by atoms with E-state index in [1.807, 2.05) is 41.7 Å². The fourth-order valence-electron chi connectivity index (χ4n) is 4.00. The standard InChI is InChI=1S/C21H24N4OS/c1-2-6-15(7-3-1)26-14-19-16-12-25(11-10-17(16)23-24-19)13-21-22-18-8-4-5-9-20(18)27-21/h1-3,6-7H,4-5,8-14H2,(H,23,24). The van der Waals surface area contributed by atoms with Crippen LogP contribution in [0.25, 0.3) is 0 Å². The number of ether oxygens (including phenoxy) is 1. The number of aryl methyl sites for hydroxylation is 2. The lowest BCUT2D eigenvalue weighted by Crippen LogP contribution is -2.30. The molecule has 6 heteroatoms. The quantitative estimate of drug-likeness (QED) is 0.730. The number of aromatic amines is 1. The fraction of sp³-hybridized carbons (Fsp3) is 0.429. The van der Waals surface area contributed by atoms with Gasteiger partial charge in [-0.2, -0.15) is 5.10 Å². The van der Waals surface area contributed by atoms with Gasteiger partial charge in [0.15, 0.2) is 0 Å². The minimum atomic E-state index is 0.509. The van der Waals surface area contributed by atoms with Crippen LogP contribution < -0.4 is 4.74 Å². The second kappa shape index (κ2) is 7.44. The van der Waals surface area contributed by atoms with Crippen LogP contribution in [0.4, 0.5) is 0 Å². The SMILES string of the molecule is c1ccc(OCc2n[nH]c3c2CN(Cc2nc4c(s2)CCCC4)CC3)cc1. The van der Waals surface area contributed by atoms with Gasteiger partial charge in [-0.25, -0.2) is 4.98 Å². The van der Waals surface area contributed by atoms with Crippen molar-refractivity contribution in [3.63, 3.8) is 0 Å². The maximum absolute atomic E-state index is 5.91. The highest BCUT2D eigenvalue weighted by molar-refractivity contribution is 7.11. The van der Waals surface area contributed by atoms with E-state index in [2.05, 4.69) is 15.1 Å². The van der Waals surface area contributed by atoms with Crippen LogP contribution in [0.5, 0.6) is 5.75 Å². The van der Waals surface area contributed by atoms with E-state index < -0.39 is 0 Å². The van der Waals surface area contributed by atoms with E-state index in [4.69, 9.17) is 9.72 Å². The summed E-state index contributed by atoms with van der Waals surface area (Å²) >= 11 is 1.92. The molecule has 5 nitrogen and oxygen atoms in total. The molecule has 0 unspecified atom stereocenters. The van der Waals surface area contributed by atoms with Crippen LogP contribution >= 0.6 is 11.3 Å². The third-order valence-electron chi connectivity index (χ3n) is 5.47. The highest BCUT2D eigenvalue weighted by Gasteiger charge is 2.24. The van der Waals surface area contributed by atoms with E-state index in [9.17, 15) is 0 Å². The first-order valence-electron chi connectivity index (χ1n) is 9.78. The molecule has 0 fully saturated rings. The van der Waals surface area contributed by atoms with Gasteiger partial charge in [-0.1, -0.05) is 18.2 Å². The molecule has 5 rings (SSSR count). The van der Waals surface area contributed by atoms with Gasteiger partial charge in [0.05, 0.1) is 12.2 Å². The Morgan fingerprint density at radius 1 is 1.11 bits per heavy atom. The van der Waals surface area contributed by atoms with Gasteiger partial charge < -0.3 is 4.74 Å². The first-order chi connectivity index (χ1) is 13.3. The number of fused-ring (bicyclic) bond motifs is 2. The summed E-state index contributed by atoms with van der Waals surface area (Å²) in [5.74, 6) is 0.885. The molecule has 0 bridgehead atoms. The van der Waals surface area contributed by atoms with Crippen LogP contribution in [0.2, 0.25) is 0 Å². The number of benzene rings is 1. The topological polar surface area (TPSA) is 54.0 Å². The second-order valence-electron chi connectivity index (χ2n) is 7.37. The third-order valence-corrected chi connectivity index (χ3v) is 6.61. The summed E-state index contributed by atoms with van der Waals surface area (Å²) in [6.07, 6.45) is 6.02. The van der Waals surface area contributed by atoms with Crippen LogP contribution in [0, 0.1) is 0 Å². The molecule has 1 N–H and O–H groups in total. The van der Waals surface area contributed by atoms with Crippen LogP contribution in [0.3, 0.4) is 0 Å². The second-order valence-corrected chi connectivity index (χ2v) is 8.54. The fourth-order valence-corrected chi connectivity index (χ4v) is 5.20. The number of aromatic nitrogens is 3. The van der Waals surface area contributed by atoms with Crippen LogP contribution in [-0.4, -0.2) is 26.6 Å². The molecule has 27 heavy (non-hydrogen) atoms. The first-order valence-corrected chi connectivity index (χ1v) is 10.6. The molecule has 140 valence electrons. The number of thiazole rings is 1. The van der Waals surface area contributed by atoms with E-state index in [0.29, 0.717) is 6.61 Å². The van der Waals surface area contributed by atoms with Gasteiger partial charge in [0.2, 0.25) is 0 Å². The van der Waals surface area contributed by atoms with Crippen molar-refractivity contribution in [1.29, 1.82) is 0 Å². The van der Waals surface area contributed by atoms with Crippen LogP contribution in [0.1, 0.15) is 45.4 Å². The van der Waals surface area contributed by atoms with E-state index in [1.54, 1.807) is 0 Å². The van der Waals surface area contributed by atoms with Crippen LogP contribution in [0.15, 0.2) is 30.3 Å². The van der Waals surface area contributed by atoms with E-state index >= 15 is 0 Å². The molecule has 2 aliphatic rings. The minimum Gasteiger partial charge on any atom is -0.487 e. The lowest BCUT2D eigenvalue weighted by Gasteiger charge is -2.26. The molecule has 0 spiro atoms. The molecule has 1 aromatic carbocycles. The Labute approximate surface area is 163 Å². The summed E-state index contributed by atoms with van der Waals surface area (Å²) < 4.78 is 5.91. The van der Waals surface area contributed by atoms with E-state index in [-0.39, 0.29) is 0 Å².